The van der Waals surface area contributed by atoms with Gasteiger partial charge in [-0.1, -0.05) is 0 Å². The van der Waals surface area contributed by atoms with E-state index in [1.807, 2.05) is 13.8 Å². The van der Waals surface area contributed by atoms with Crippen LogP contribution in [-0.4, -0.2) is 51.1 Å². The predicted octanol–water partition coefficient (Wildman–Crippen LogP) is 1.11. The molecule has 0 aliphatic heterocycles. The van der Waals surface area contributed by atoms with E-state index in [-0.39, 0.29) is 12.0 Å². The SMILES string of the molecule is CCOCCOCCC(NC1CC1)C(=O)OCC. The van der Waals surface area contributed by atoms with Crippen LogP contribution in [0.15, 0.2) is 0 Å². The molecule has 0 aromatic carbocycles. The molecule has 0 bridgehead atoms. The standard InChI is InChI=1S/C13H25NO4/c1-3-16-9-10-17-8-7-12(13(15)18-4-2)14-11-5-6-11/h11-12,14H,3-10H2,1-2H3. The molecule has 0 aromatic rings. The van der Waals surface area contributed by atoms with Crippen LogP contribution in [0.25, 0.3) is 0 Å². The summed E-state index contributed by atoms with van der Waals surface area (Å²) in [7, 11) is 0. The highest BCUT2D eigenvalue weighted by Crippen LogP contribution is 2.20. The molecule has 0 spiro atoms. The number of rotatable bonds is 11. The first-order valence-corrected chi connectivity index (χ1v) is 6.86. The van der Waals surface area contributed by atoms with Gasteiger partial charge in [-0.25, -0.2) is 0 Å². The summed E-state index contributed by atoms with van der Waals surface area (Å²) < 4.78 is 15.6. The van der Waals surface area contributed by atoms with Crippen molar-refractivity contribution in [2.75, 3.05) is 33.0 Å². The zero-order valence-electron chi connectivity index (χ0n) is 11.4. The Hall–Kier alpha value is -0.650. The number of hydrogen-bond donors (Lipinski definition) is 1. The Bertz CT molecular complexity index is 231. The highest BCUT2D eigenvalue weighted by molar-refractivity contribution is 5.75. The molecule has 0 aromatic heterocycles. The minimum atomic E-state index is -0.232. The van der Waals surface area contributed by atoms with Crippen LogP contribution in [0.4, 0.5) is 0 Å². The maximum atomic E-state index is 11.7. The van der Waals surface area contributed by atoms with Gasteiger partial charge >= 0.3 is 5.97 Å². The van der Waals surface area contributed by atoms with Crippen LogP contribution in [0.1, 0.15) is 33.1 Å². The van der Waals surface area contributed by atoms with Crippen LogP contribution in [0, 0.1) is 0 Å². The summed E-state index contributed by atoms with van der Waals surface area (Å²) in [5, 5.41) is 3.29. The molecular formula is C13H25NO4. The molecule has 1 unspecified atom stereocenters. The van der Waals surface area contributed by atoms with Gasteiger partial charge in [-0.2, -0.15) is 0 Å². The Kier molecular flexibility index (Phi) is 7.96. The van der Waals surface area contributed by atoms with Gasteiger partial charge in [0, 0.05) is 19.3 Å². The molecule has 1 aliphatic carbocycles. The first-order chi connectivity index (χ1) is 8.77. The summed E-state index contributed by atoms with van der Waals surface area (Å²) in [4.78, 5) is 11.7. The van der Waals surface area contributed by atoms with Crippen molar-refractivity contribution in [1.82, 2.24) is 5.32 Å². The second-order valence-corrected chi connectivity index (χ2v) is 4.34. The van der Waals surface area contributed by atoms with E-state index in [4.69, 9.17) is 14.2 Å². The van der Waals surface area contributed by atoms with Crippen molar-refractivity contribution < 1.29 is 19.0 Å². The van der Waals surface area contributed by atoms with Gasteiger partial charge in [-0.15, -0.1) is 0 Å². The number of carbonyl (C=O) groups is 1. The molecule has 1 rings (SSSR count). The molecule has 5 nitrogen and oxygen atoms in total. The maximum Gasteiger partial charge on any atom is 0.323 e. The smallest absolute Gasteiger partial charge is 0.323 e. The fourth-order valence-corrected chi connectivity index (χ4v) is 1.61. The van der Waals surface area contributed by atoms with Crippen molar-refractivity contribution in [3.8, 4) is 0 Å². The Morgan fingerprint density at radius 3 is 2.50 bits per heavy atom. The fraction of sp³-hybridized carbons (Fsp3) is 0.923. The maximum absolute atomic E-state index is 11.7. The van der Waals surface area contributed by atoms with Crippen molar-refractivity contribution in [2.45, 2.75) is 45.2 Å². The molecule has 0 saturated heterocycles. The molecule has 18 heavy (non-hydrogen) atoms. The van der Waals surface area contributed by atoms with E-state index in [0.29, 0.717) is 45.5 Å². The number of esters is 1. The molecule has 0 radical (unpaired) electrons. The van der Waals surface area contributed by atoms with Gasteiger partial charge in [-0.3, -0.25) is 4.79 Å². The molecule has 1 saturated carbocycles. The second kappa shape index (κ2) is 9.30. The average Bonchev–Trinajstić information content (AvgIpc) is 3.16. The van der Waals surface area contributed by atoms with Crippen molar-refractivity contribution >= 4 is 5.97 Å². The third-order valence-corrected chi connectivity index (χ3v) is 2.71. The fourth-order valence-electron chi connectivity index (χ4n) is 1.61. The van der Waals surface area contributed by atoms with E-state index in [2.05, 4.69) is 5.32 Å². The Morgan fingerprint density at radius 1 is 1.17 bits per heavy atom. The Balaban J connectivity index is 2.12. The topological polar surface area (TPSA) is 56.8 Å². The van der Waals surface area contributed by atoms with Gasteiger partial charge in [0.05, 0.1) is 19.8 Å². The Labute approximate surface area is 109 Å². The summed E-state index contributed by atoms with van der Waals surface area (Å²) in [5.74, 6) is -0.169. The molecule has 0 amide bonds. The summed E-state index contributed by atoms with van der Waals surface area (Å²) in [5.41, 5.74) is 0. The van der Waals surface area contributed by atoms with Gasteiger partial charge in [-0.05, 0) is 33.1 Å². The van der Waals surface area contributed by atoms with E-state index in [0.717, 1.165) is 12.8 Å². The molecule has 1 fully saturated rings. The number of nitrogens with one attached hydrogen (secondary N) is 1. The molecule has 106 valence electrons. The lowest BCUT2D eigenvalue weighted by Gasteiger charge is -2.16. The van der Waals surface area contributed by atoms with Crippen molar-refractivity contribution in [2.24, 2.45) is 0 Å². The van der Waals surface area contributed by atoms with E-state index in [1.165, 1.54) is 0 Å². The zero-order chi connectivity index (χ0) is 13.2. The van der Waals surface area contributed by atoms with E-state index < -0.39 is 0 Å². The van der Waals surface area contributed by atoms with Crippen LogP contribution in [0.3, 0.4) is 0 Å². The van der Waals surface area contributed by atoms with Crippen LogP contribution >= 0.6 is 0 Å². The van der Waals surface area contributed by atoms with Gasteiger partial charge in [0.15, 0.2) is 0 Å². The summed E-state index contributed by atoms with van der Waals surface area (Å²) in [6.07, 6.45) is 2.96. The molecule has 0 heterocycles. The largest absolute Gasteiger partial charge is 0.465 e. The lowest BCUT2D eigenvalue weighted by molar-refractivity contribution is -0.146. The van der Waals surface area contributed by atoms with Gasteiger partial charge < -0.3 is 19.5 Å². The number of ether oxygens (including phenoxy) is 3. The van der Waals surface area contributed by atoms with Crippen molar-refractivity contribution in [3.63, 3.8) is 0 Å². The quantitative estimate of drug-likeness (QED) is 0.445. The van der Waals surface area contributed by atoms with E-state index >= 15 is 0 Å². The van der Waals surface area contributed by atoms with Crippen molar-refractivity contribution in [3.05, 3.63) is 0 Å². The minimum absolute atomic E-state index is 0.169. The highest BCUT2D eigenvalue weighted by atomic mass is 16.5. The van der Waals surface area contributed by atoms with Crippen LogP contribution in [0.5, 0.6) is 0 Å². The predicted molar refractivity (Wildman–Crippen MR) is 68.5 cm³/mol. The number of hydrogen-bond acceptors (Lipinski definition) is 5. The lowest BCUT2D eigenvalue weighted by Crippen LogP contribution is -2.40. The second-order valence-electron chi connectivity index (χ2n) is 4.34. The highest BCUT2D eigenvalue weighted by Gasteiger charge is 2.28. The normalized spacial score (nSPS) is 16.6. The first-order valence-electron chi connectivity index (χ1n) is 6.86. The third-order valence-electron chi connectivity index (χ3n) is 2.71. The molecule has 5 heteroatoms. The lowest BCUT2D eigenvalue weighted by atomic mass is 10.2. The third kappa shape index (κ3) is 6.93. The first kappa shape index (κ1) is 15.4. The minimum Gasteiger partial charge on any atom is -0.465 e. The summed E-state index contributed by atoms with van der Waals surface area (Å²) >= 11 is 0. The van der Waals surface area contributed by atoms with Gasteiger partial charge in [0.25, 0.3) is 0 Å². The summed E-state index contributed by atoms with van der Waals surface area (Å²) in [6, 6.07) is 0.257. The molecule has 1 N–H and O–H groups in total. The van der Waals surface area contributed by atoms with Gasteiger partial charge in [0.2, 0.25) is 0 Å². The van der Waals surface area contributed by atoms with Crippen LogP contribution in [0.2, 0.25) is 0 Å². The van der Waals surface area contributed by atoms with Gasteiger partial charge in [0.1, 0.15) is 6.04 Å². The monoisotopic (exact) mass is 259 g/mol. The number of carbonyl (C=O) groups excluding carboxylic acids is 1. The molecule has 1 aliphatic rings. The van der Waals surface area contributed by atoms with E-state index in [9.17, 15) is 4.79 Å². The zero-order valence-corrected chi connectivity index (χ0v) is 11.4. The summed E-state index contributed by atoms with van der Waals surface area (Å²) in [6.45, 7) is 6.64. The Morgan fingerprint density at radius 2 is 1.89 bits per heavy atom. The molecule has 1 atom stereocenters. The van der Waals surface area contributed by atoms with Crippen molar-refractivity contribution in [1.29, 1.82) is 0 Å². The molecular weight excluding hydrogens is 234 g/mol. The van der Waals surface area contributed by atoms with Crippen LogP contribution < -0.4 is 5.32 Å². The average molecular weight is 259 g/mol. The van der Waals surface area contributed by atoms with Crippen LogP contribution in [-0.2, 0) is 19.0 Å². The van der Waals surface area contributed by atoms with E-state index in [1.54, 1.807) is 0 Å².